The topological polar surface area (TPSA) is 60.9 Å². The summed E-state index contributed by atoms with van der Waals surface area (Å²) in [6.45, 7) is 4.58. The van der Waals surface area contributed by atoms with Gasteiger partial charge in [0.25, 0.3) is 0 Å². The van der Waals surface area contributed by atoms with Crippen LogP contribution in [0.15, 0.2) is 0 Å². The van der Waals surface area contributed by atoms with E-state index in [2.05, 4.69) is 13.8 Å². The molecule has 0 aromatic heterocycles. The van der Waals surface area contributed by atoms with E-state index < -0.39 is 0 Å². The van der Waals surface area contributed by atoms with Gasteiger partial charge in [-0.25, -0.2) is 0 Å². The highest BCUT2D eigenvalue weighted by Crippen LogP contribution is 2.21. The molecule has 2 amide bonds. The molecule has 5 heteroatoms. The highest BCUT2D eigenvalue weighted by Gasteiger charge is 2.41. The number of nitrogens with zero attached hydrogens (tertiary/aromatic N) is 2. The van der Waals surface area contributed by atoms with Crippen molar-refractivity contribution in [1.29, 1.82) is 0 Å². The van der Waals surface area contributed by atoms with Gasteiger partial charge in [-0.1, -0.05) is 13.8 Å². The van der Waals surface area contributed by atoms with Gasteiger partial charge in [-0.15, -0.1) is 0 Å². The van der Waals surface area contributed by atoms with Crippen molar-refractivity contribution in [2.75, 3.05) is 20.2 Å². The minimum absolute atomic E-state index is 0.0121. The molecule has 0 bridgehead atoms. The zero-order valence-corrected chi connectivity index (χ0v) is 10.8. The maximum Gasteiger partial charge on any atom is 0.246 e. The van der Waals surface area contributed by atoms with Crippen LogP contribution in [0, 0.1) is 0 Å². The van der Waals surface area contributed by atoms with Gasteiger partial charge in [0.2, 0.25) is 11.8 Å². The molecule has 17 heavy (non-hydrogen) atoms. The summed E-state index contributed by atoms with van der Waals surface area (Å²) in [6.07, 6.45) is 2.07. The van der Waals surface area contributed by atoms with Crippen LogP contribution < -0.4 is 0 Å². The molecule has 1 aliphatic heterocycles. The Morgan fingerprint density at radius 2 is 2.00 bits per heavy atom. The average molecular weight is 242 g/mol. The number of aliphatic hydroxyl groups is 1. The van der Waals surface area contributed by atoms with Gasteiger partial charge in [0.15, 0.2) is 0 Å². The number of hydrogen-bond acceptors (Lipinski definition) is 4. The van der Waals surface area contributed by atoms with Crippen LogP contribution in [0.25, 0.3) is 0 Å². The maximum absolute atomic E-state index is 12.0. The molecule has 1 heterocycles. The monoisotopic (exact) mass is 242 g/mol. The molecule has 0 aromatic carbocycles. The molecule has 0 radical (unpaired) electrons. The second-order valence-electron chi connectivity index (χ2n) is 4.44. The largest absolute Gasteiger partial charge is 0.395 e. The third-order valence-corrected chi connectivity index (χ3v) is 3.53. The molecule has 0 saturated carbocycles. The number of likely N-dealkylation sites (N-methyl/N-ethyl adjacent to an activating group) is 1. The lowest BCUT2D eigenvalue weighted by molar-refractivity contribution is -0.138. The first-order chi connectivity index (χ1) is 8.06. The summed E-state index contributed by atoms with van der Waals surface area (Å²) in [5.74, 6) is -0.274. The number of aliphatic hydroxyl groups excluding tert-OH is 1. The second kappa shape index (κ2) is 6.12. The van der Waals surface area contributed by atoms with E-state index in [1.54, 1.807) is 0 Å². The first-order valence-corrected chi connectivity index (χ1v) is 6.23. The third-order valence-electron chi connectivity index (χ3n) is 3.53. The zero-order chi connectivity index (χ0) is 13.0. The lowest BCUT2D eigenvalue weighted by Gasteiger charge is -2.33. The molecule has 0 aromatic rings. The third kappa shape index (κ3) is 2.84. The van der Waals surface area contributed by atoms with Crippen molar-refractivity contribution in [2.24, 2.45) is 0 Å². The van der Waals surface area contributed by atoms with Crippen LogP contribution in [-0.4, -0.2) is 59.0 Å². The molecule has 1 N–H and O–H groups in total. The molecule has 1 unspecified atom stereocenters. The molecule has 1 rings (SSSR count). The summed E-state index contributed by atoms with van der Waals surface area (Å²) in [5.41, 5.74) is 0. The van der Waals surface area contributed by atoms with Crippen molar-refractivity contribution in [3.63, 3.8) is 0 Å². The van der Waals surface area contributed by atoms with Crippen LogP contribution in [0.4, 0.5) is 0 Å². The summed E-state index contributed by atoms with van der Waals surface area (Å²) in [5, 5.41) is 9.10. The van der Waals surface area contributed by atoms with E-state index >= 15 is 0 Å². The maximum atomic E-state index is 12.0. The van der Waals surface area contributed by atoms with Gasteiger partial charge < -0.3 is 5.11 Å². The Hall–Kier alpha value is -0.940. The van der Waals surface area contributed by atoms with Crippen LogP contribution in [-0.2, 0) is 9.59 Å². The van der Waals surface area contributed by atoms with Crippen molar-refractivity contribution in [2.45, 2.75) is 45.2 Å². The number of carbonyl (C=O) groups is 2. The van der Waals surface area contributed by atoms with Gasteiger partial charge >= 0.3 is 0 Å². The minimum atomic E-state index is -0.385. The molecule has 1 fully saturated rings. The van der Waals surface area contributed by atoms with E-state index in [9.17, 15) is 9.59 Å². The lowest BCUT2D eigenvalue weighted by Crippen LogP contribution is -2.48. The molecule has 0 aliphatic carbocycles. The number of imide groups is 1. The quantitative estimate of drug-likeness (QED) is 0.677. The predicted molar refractivity (Wildman–Crippen MR) is 64.3 cm³/mol. The Bertz CT molecular complexity index is 289. The Kier molecular flexibility index (Phi) is 5.08. The number of carbonyl (C=O) groups excluding carboxylic acids is 2. The normalized spacial score (nSPS) is 21.1. The average Bonchev–Trinajstić information content (AvgIpc) is 2.57. The van der Waals surface area contributed by atoms with Crippen molar-refractivity contribution in [3.05, 3.63) is 0 Å². The van der Waals surface area contributed by atoms with Gasteiger partial charge in [0, 0.05) is 19.6 Å². The minimum Gasteiger partial charge on any atom is -0.395 e. The van der Waals surface area contributed by atoms with Crippen molar-refractivity contribution < 1.29 is 14.7 Å². The van der Waals surface area contributed by atoms with E-state index in [-0.39, 0.29) is 36.9 Å². The van der Waals surface area contributed by atoms with E-state index in [4.69, 9.17) is 5.11 Å². The van der Waals surface area contributed by atoms with Crippen LogP contribution >= 0.6 is 0 Å². The second-order valence-corrected chi connectivity index (χ2v) is 4.44. The predicted octanol–water partition coefficient (Wildman–Crippen LogP) is 0.227. The fourth-order valence-electron chi connectivity index (χ4n) is 2.46. The molecule has 0 spiro atoms. The molecule has 1 aliphatic rings. The Morgan fingerprint density at radius 1 is 1.41 bits per heavy atom. The first-order valence-electron chi connectivity index (χ1n) is 6.23. The lowest BCUT2D eigenvalue weighted by atomic mass is 10.1. The highest BCUT2D eigenvalue weighted by atomic mass is 16.3. The van der Waals surface area contributed by atoms with Crippen LogP contribution in [0.5, 0.6) is 0 Å². The van der Waals surface area contributed by atoms with Crippen molar-refractivity contribution >= 4 is 11.8 Å². The summed E-state index contributed by atoms with van der Waals surface area (Å²) < 4.78 is 0. The van der Waals surface area contributed by atoms with Gasteiger partial charge in [0.05, 0.1) is 19.1 Å². The number of rotatable bonds is 6. The Labute approximate surface area is 102 Å². The van der Waals surface area contributed by atoms with Gasteiger partial charge in [-0.2, -0.15) is 0 Å². The van der Waals surface area contributed by atoms with E-state index in [0.29, 0.717) is 6.54 Å². The molecule has 98 valence electrons. The molecule has 5 nitrogen and oxygen atoms in total. The first kappa shape index (κ1) is 14.1. The van der Waals surface area contributed by atoms with E-state index in [1.165, 1.54) is 11.9 Å². The molecule has 1 atom stereocenters. The summed E-state index contributed by atoms with van der Waals surface area (Å²) in [4.78, 5) is 26.6. The van der Waals surface area contributed by atoms with Crippen molar-refractivity contribution in [1.82, 2.24) is 9.80 Å². The number of amides is 2. The fraction of sp³-hybridized carbons (Fsp3) is 0.833. The highest BCUT2D eigenvalue weighted by molar-refractivity contribution is 6.05. The zero-order valence-electron chi connectivity index (χ0n) is 10.8. The van der Waals surface area contributed by atoms with Crippen molar-refractivity contribution in [3.8, 4) is 0 Å². The number of hydrogen-bond donors (Lipinski definition) is 1. The summed E-state index contributed by atoms with van der Waals surface area (Å²) in [7, 11) is 1.52. The van der Waals surface area contributed by atoms with Crippen LogP contribution in [0.2, 0.25) is 0 Å². The standard InChI is InChI=1S/C12H22N2O3/c1-4-9(5-2)14(6-7-15)10-8-11(16)13(3)12(10)17/h9-10,15H,4-8H2,1-3H3. The SMILES string of the molecule is CCC(CC)N(CCO)C1CC(=O)N(C)C1=O. The molecular weight excluding hydrogens is 220 g/mol. The smallest absolute Gasteiger partial charge is 0.246 e. The Morgan fingerprint density at radius 3 is 2.35 bits per heavy atom. The summed E-state index contributed by atoms with van der Waals surface area (Å²) >= 11 is 0. The molecule has 1 saturated heterocycles. The van der Waals surface area contributed by atoms with E-state index in [1.807, 2.05) is 4.90 Å². The number of likely N-dealkylation sites (tertiary alicyclic amines) is 1. The fourth-order valence-corrected chi connectivity index (χ4v) is 2.46. The van der Waals surface area contributed by atoms with Crippen LogP contribution in [0.3, 0.4) is 0 Å². The van der Waals surface area contributed by atoms with Gasteiger partial charge in [-0.3, -0.25) is 19.4 Å². The molecular formula is C12H22N2O3. The van der Waals surface area contributed by atoms with Gasteiger partial charge in [-0.05, 0) is 12.8 Å². The van der Waals surface area contributed by atoms with E-state index in [0.717, 1.165) is 12.8 Å². The Balaban J connectivity index is 2.84. The van der Waals surface area contributed by atoms with Crippen LogP contribution in [0.1, 0.15) is 33.1 Å². The summed E-state index contributed by atoms with van der Waals surface area (Å²) in [6, 6.07) is -0.139. The van der Waals surface area contributed by atoms with Gasteiger partial charge in [0.1, 0.15) is 0 Å².